The van der Waals surface area contributed by atoms with E-state index in [1.54, 1.807) is 11.0 Å². The minimum Gasteiger partial charge on any atom is -0.461 e. The first-order chi connectivity index (χ1) is 24.3. The van der Waals surface area contributed by atoms with Crippen molar-refractivity contribution in [3.63, 3.8) is 0 Å². The van der Waals surface area contributed by atoms with Crippen LogP contribution in [0.15, 0.2) is 18.2 Å². The number of aromatic nitrogens is 2. The maximum Gasteiger partial charge on any atom is 0.417 e. The number of piperazine rings is 1. The number of carbonyl (C=O) groups excluding carboxylic acids is 1. The van der Waals surface area contributed by atoms with Crippen LogP contribution in [0.5, 0.6) is 6.01 Å². The highest BCUT2D eigenvalue weighted by Gasteiger charge is 2.49. The van der Waals surface area contributed by atoms with Crippen LogP contribution >= 0.6 is 11.3 Å². The number of fused-ring (bicyclic) bond motifs is 3. The van der Waals surface area contributed by atoms with Crippen molar-refractivity contribution in [1.29, 1.82) is 10.5 Å². The number of hydrogen-bond acceptors (Lipinski definition) is 10. The normalized spacial score (nSPS) is 22.4. The van der Waals surface area contributed by atoms with E-state index in [-0.39, 0.29) is 89.4 Å². The number of hydrogen-bond donors (Lipinski definition) is 1. The van der Waals surface area contributed by atoms with E-state index in [1.165, 1.54) is 11.8 Å². The first kappa shape index (κ1) is 34.6. The zero-order valence-corrected chi connectivity index (χ0v) is 28.0. The van der Waals surface area contributed by atoms with Gasteiger partial charge in [-0.1, -0.05) is 6.07 Å². The number of anilines is 2. The fourth-order valence-electron chi connectivity index (χ4n) is 7.88. The molecule has 3 aliphatic rings. The van der Waals surface area contributed by atoms with Crippen molar-refractivity contribution < 1.29 is 35.9 Å². The first-order valence-corrected chi connectivity index (χ1v) is 17.0. The number of halogens is 6. The van der Waals surface area contributed by atoms with E-state index >= 15 is 4.39 Å². The maximum atomic E-state index is 17.1. The fraction of sp³-hybridized carbons (Fsp3) is 0.441. The van der Waals surface area contributed by atoms with E-state index in [9.17, 15) is 37.3 Å². The van der Waals surface area contributed by atoms with Crippen LogP contribution in [0.1, 0.15) is 43.7 Å². The minimum atomic E-state index is -5.15. The number of nitrogens with two attached hydrogens (primary N) is 1. The Morgan fingerprint density at radius 1 is 1.18 bits per heavy atom. The predicted molar refractivity (Wildman–Crippen MR) is 177 cm³/mol. The fourth-order valence-corrected chi connectivity index (χ4v) is 8.83. The highest BCUT2D eigenvalue weighted by atomic mass is 32.1. The lowest BCUT2D eigenvalue weighted by atomic mass is 9.92. The molecule has 5 heterocycles. The van der Waals surface area contributed by atoms with Crippen LogP contribution in [0.25, 0.3) is 32.1 Å². The molecule has 0 radical (unpaired) electrons. The van der Waals surface area contributed by atoms with E-state index in [0.29, 0.717) is 30.4 Å². The van der Waals surface area contributed by atoms with Crippen molar-refractivity contribution in [2.75, 3.05) is 50.0 Å². The zero-order valence-electron chi connectivity index (χ0n) is 27.2. The molecule has 10 nitrogen and oxygen atoms in total. The van der Waals surface area contributed by atoms with Crippen molar-refractivity contribution in [1.82, 2.24) is 19.8 Å². The molecule has 3 atom stereocenters. The Morgan fingerprint density at radius 2 is 1.96 bits per heavy atom. The van der Waals surface area contributed by atoms with Gasteiger partial charge in [0.05, 0.1) is 39.9 Å². The number of nitriles is 2. The van der Waals surface area contributed by atoms with Crippen molar-refractivity contribution in [3.8, 4) is 29.3 Å². The van der Waals surface area contributed by atoms with Crippen molar-refractivity contribution >= 4 is 49.1 Å². The summed E-state index contributed by atoms with van der Waals surface area (Å²) >= 11 is 0.660. The number of nitrogen functional groups attached to an aromatic ring is 1. The second-order valence-corrected chi connectivity index (χ2v) is 14.2. The Morgan fingerprint density at radius 3 is 2.67 bits per heavy atom. The summed E-state index contributed by atoms with van der Waals surface area (Å²) in [6, 6.07) is 5.39. The quantitative estimate of drug-likeness (QED) is 0.232. The molecule has 0 saturated carbocycles. The summed E-state index contributed by atoms with van der Waals surface area (Å²) < 4.78 is 97.4. The largest absolute Gasteiger partial charge is 0.461 e. The van der Waals surface area contributed by atoms with Crippen LogP contribution in [0.2, 0.25) is 0 Å². The van der Waals surface area contributed by atoms with Gasteiger partial charge in [-0.2, -0.15) is 33.7 Å². The van der Waals surface area contributed by atoms with Gasteiger partial charge in [0.2, 0.25) is 5.91 Å². The van der Waals surface area contributed by atoms with Gasteiger partial charge in [-0.05, 0) is 37.1 Å². The predicted octanol–water partition coefficient (Wildman–Crippen LogP) is 6.17. The third kappa shape index (κ3) is 5.82. The summed E-state index contributed by atoms with van der Waals surface area (Å²) in [6.07, 6.45) is -4.66. The van der Waals surface area contributed by atoms with E-state index in [0.717, 1.165) is 18.6 Å². The molecule has 2 N–H and O–H groups in total. The summed E-state index contributed by atoms with van der Waals surface area (Å²) in [5.41, 5.74) is 1.65. The van der Waals surface area contributed by atoms with Crippen LogP contribution in [0.4, 0.5) is 37.2 Å². The van der Waals surface area contributed by atoms with Gasteiger partial charge in [-0.3, -0.25) is 9.69 Å². The van der Waals surface area contributed by atoms with Gasteiger partial charge in [-0.25, -0.2) is 13.2 Å². The lowest BCUT2D eigenvalue weighted by molar-refractivity contribution is -0.137. The molecule has 266 valence electrons. The lowest BCUT2D eigenvalue weighted by Crippen LogP contribution is -2.55. The molecule has 3 saturated heterocycles. The molecule has 17 heteroatoms. The van der Waals surface area contributed by atoms with Crippen LogP contribution in [0, 0.1) is 34.3 Å². The lowest BCUT2D eigenvalue weighted by Gasteiger charge is -2.41. The van der Waals surface area contributed by atoms with Gasteiger partial charge in [-0.15, -0.1) is 11.3 Å². The summed E-state index contributed by atoms with van der Waals surface area (Å²) in [4.78, 5) is 26.2. The molecule has 51 heavy (non-hydrogen) atoms. The molecule has 4 aromatic rings. The average molecular weight is 729 g/mol. The maximum absolute atomic E-state index is 17.1. The molecular formula is C34H30F6N8O2S. The smallest absolute Gasteiger partial charge is 0.417 e. The Hall–Kier alpha value is -4.87. The molecule has 1 amide bonds. The number of alkyl halides is 4. The van der Waals surface area contributed by atoms with E-state index in [2.05, 4.69) is 9.97 Å². The Labute approximate surface area is 291 Å². The number of amides is 1. The van der Waals surface area contributed by atoms with Crippen molar-refractivity contribution in [2.24, 2.45) is 0 Å². The highest BCUT2D eigenvalue weighted by molar-refractivity contribution is 7.23. The monoisotopic (exact) mass is 728 g/mol. The molecule has 2 aromatic carbocycles. The molecule has 3 aliphatic heterocycles. The van der Waals surface area contributed by atoms with Crippen LogP contribution in [-0.2, 0) is 11.0 Å². The van der Waals surface area contributed by atoms with Gasteiger partial charge in [0.25, 0.3) is 0 Å². The van der Waals surface area contributed by atoms with E-state index in [1.807, 2.05) is 11.0 Å². The Balaban J connectivity index is 1.45. The van der Waals surface area contributed by atoms with Gasteiger partial charge < -0.3 is 20.3 Å². The molecule has 0 aliphatic carbocycles. The second-order valence-electron chi connectivity index (χ2n) is 13.1. The standard InChI is InChI=1S/C34H30F6N8O2S/c1-17(49)48-10-9-46(15-19(48)5-7-41)31-21-11-23(34(38,39)40)26(20-3-4-24(36)29-25(20)22(13-42)30(43)51-29)27(37)28(21)44-32(45-31)50-16-33-6-2-8-47(33)14-18(35)12-33/h3-4,11,18-19H,2,5-6,8-10,12,14-16,43H2,1H3/t18-,19-,33+/m1/s1. The summed E-state index contributed by atoms with van der Waals surface area (Å²) in [5, 5.41) is 18.6. The zero-order chi connectivity index (χ0) is 36.4. The summed E-state index contributed by atoms with van der Waals surface area (Å²) in [5.74, 6) is -2.67. The SMILES string of the molecule is CC(=O)N1CCN(c2nc(OC[C@@]34CCCN3C[C@H](F)C4)nc3c(F)c(-c4ccc(F)c5sc(N)c(C#N)c45)c(C(F)(F)F)cc23)C[C@H]1CC#N. The summed E-state index contributed by atoms with van der Waals surface area (Å²) in [7, 11) is 0. The van der Waals surface area contributed by atoms with Crippen molar-refractivity contribution in [2.45, 2.75) is 56.5 Å². The van der Waals surface area contributed by atoms with E-state index < -0.39 is 57.8 Å². The van der Waals surface area contributed by atoms with Crippen LogP contribution < -0.4 is 15.4 Å². The van der Waals surface area contributed by atoms with Gasteiger partial charge in [0, 0.05) is 55.9 Å². The first-order valence-electron chi connectivity index (χ1n) is 16.2. The third-order valence-electron chi connectivity index (χ3n) is 10.1. The van der Waals surface area contributed by atoms with E-state index in [4.69, 9.17) is 10.5 Å². The molecule has 0 bridgehead atoms. The van der Waals surface area contributed by atoms with Crippen LogP contribution in [0.3, 0.4) is 0 Å². The molecule has 0 spiro atoms. The van der Waals surface area contributed by atoms with Gasteiger partial charge in [0.1, 0.15) is 41.0 Å². The second kappa shape index (κ2) is 12.7. The molecule has 0 unspecified atom stereocenters. The highest BCUT2D eigenvalue weighted by Crippen LogP contribution is 2.48. The number of rotatable bonds is 6. The molecular weight excluding hydrogens is 698 g/mol. The average Bonchev–Trinajstić information content (AvgIpc) is 3.73. The Kier molecular flexibility index (Phi) is 8.62. The van der Waals surface area contributed by atoms with Gasteiger partial charge >= 0.3 is 12.2 Å². The number of nitrogens with zero attached hydrogens (tertiary/aromatic N) is 7. The molecule has 7 rings (SSSR count). The van der Waals surface area contributed by atoms with Crippen molar-refractivity contribution in [3.05, 3.63) is 41.0 Å². The topological polar surface area (TPSA) is 135 Å². The molecule has 3 fully saturated rings. The van der Waals surface area contributed by atoms with Gasteiger partial charge in [0.15, 0.2) is 5.82 Å². The number of ether oxygens (including phenoxy) is 1. The minimum absolute atomic E-state index is 0.0110. The Bertz CT molecular complexity index is 2160. The number of thiophene rings is 1. The van der Waals surface area contributed by atoms with Crippen LogP contribution in [-0.4, -0.2) is 82.8 Å². The molecule has 2 aromatic heterocycles. The number of carbonyl (C=O) groups is 1. The number of benzene rings is 2. The summed E-state index contributed by atoms with van der Waals surface area (Å²) in [6.45, 7) is 2.37. The third-order valence-corrected chi connectivity index (χ3v) is 11.2.